The molecule has 3 rings (SSSR count). The van der Waals surface area contributed by atoms with E-state index in [1.807, 2.05) is 57.4 Å². The summed E-state index contributed by atoms with van der Waals surface area (Å²) < 4.78 is 5.55. The highest BCUT2D eigenvalue weighted by atomic mass is 16.5. The number of hydrogen-bond acceptors (Lipinski definition) is 5. The van der Waals surface area contributed by atoms with Crippen LogP contribution in [0.5, 0.6) is 5.75 Å². The van der Waals surface area contributed by atoms with Crippen LogP contribution in [0.3, 0.4) is 0 Å². The molecular weight excluding hydrogens is 440 g/mol. The number of hydrogen-bond donors (Lipinski definition) is 1. The summed E-state index contributed by atoms with van der Waals surface area (Å²) in [5.41, 5.74) is 4.41. The fraction of sp³-hybridized carbons (Fsp3) is 0.448. The Bertz CT molecular complexity index is 1120. The Hall–Kier alpha value is -3.12. The molecule has 1 aliphatic heterocycles. The number of ketones is 1. The Balaban J connectivity index is 2.18. The average Bonchev–Trinajstić information content (AvgIpc) is 3.08. The van der Waals surface area contributed by atoms with Crippen molar-refractivity contribution in [2.75, 3.05) is 34.3 Å². The molecule has 1 amide bonds. The Morgan fingerprint density at radius 3 is 2.34 bits per heavy atom. The van der Waals surface area contributed by atoms with E-state index in [9.17, 15) is 14.7 Å². The third-order valence-corrected chi connectivity index (χ3v) is 6.70. The molecule has 1 fully saturated rings. The Morgan fingerprint density at radius 2 is 1.80 bits per heavy atom. The number of likely N-dealkylation sites (tertiary alicyclic amines) is 1. The van der Waals surface area contributed by atoms with E-state index in [0.717, 1.165) is 41.8 Å². The van der Waals surface area contributed by atoms with Gasteiger partial charge in [-0.2, -0.15) is 0 Å². The van der Waals surface area contributed by atoms with E-state index in [1.165, 1.54) is 5.56 Å². The van der Waals surface area contributed by atoms with Crippen LogP contribution in [0.1, 0.15) is 67.0 Å². The predicted molar refractivity (Wildman–Crippen MR) is 140 cm³/mol. The topological polar surface area (TPSA) is 70.1 Å². The summed E-state index contributed by atoms with van der Waals surface area (Å²) in [5.74, 6) is -0.443. The van der Waals surface area contributed by atoms with E-state index >= 15 is 0 Å². The van der Waals surface area contributed by atoms with Crippen molar-refractivity contribution in [3.05, 3.63) is 69.8 Å². The minimum atomic E-state index is -0.641. The van der Waals surface area contributed by atoms with Crippen molar-refractivity contribution in [2.24, 2.45) is 0 Å². The lowest BCUT2D eigenvalue weighted by Crippen LogP contribution is -2.32. The number of carbonyl (C=O) groups excluding carboxylic acids is 2. The van der Waals surface area contributed by atoms with Crippen molar-refractivity contribution in [3.8, 4) is 5.75 Å². The van der Waals surface area contributed by atoms with Crippen molar-refractivity contribution in [3.63, 3.8) is 0 Å². The van der Waals surface area contributed by atoms with Crippen LogP contribution >= 0.6 is 0 Å². The molecule has 1 saturated heterocycles. The van der Waals surface area contributed by atoms with Crippen LogP contribution in [0, 0.1) is 6.92 Å². The standard InChI is InChI=1S/C29H38N2O4/c1-8-20-10-12-21(13-11-20)26-25(28(33)29(34)31(26)15-9-14-30(5)6)27(32)23-17-22(18(2)3)24(35-7)16-19(23)4/h10-13,16-18,26,32H,8-9,14-15H2,1-7H3/b27-25+. The van der Waals surface area contributed by atoms with Gasteiger partial charge in [-0.15, -0.1) is 0 Å². The van der Waals surface area contributed by atoms with Crippen LogP contribution in [-0.4, -0.2) is 60.9 Å². The van der Waals surface area contributed by atoms with Gasteiger partial charge in [-0.3, -0.25) is 9.59 Å². The molecule has 0 bridgehead atoms. The second-order valence-corrected chi connectivity index (χ2v) is 9.81. The molecule has 1 heterocycles. The second kappa shape index (κ2) is 11.1. The first-order chi connectivity index (χ1) is 16.6. The molecule has 6 nitrogen and oxygen atoms in total. The average molecular weight is 479 g/mol. The van der Waals surface area contributed by atoms with Crippen LogP contribution in [0.15, 0.2) is 42.0 Å². The largest absolute Gasteiger partial charge is 0.507 e. The van der Waals surface area contributed by atoms with Gasteiger partial charge < -0.3 is 19.6 Å². The summed E-state index contributed by atoms with van der Waals surface area (Å²) in [5, 5.41) is 11.6. The highest BCUT2D eigenvalue weighted by Crippen LogP contribution is 2.41. The number of benzene rings is 2. The van der Waals surface area contributed by atoms with Gasteiger partial charge in [0.05, 0.1) is 18.7 Å². The molecule has 2 aromatic rings. The molecule has 35 heavy (non-hydrogen) atoms. The molecule has 0 spiro atoms. The Morgan fingerprint density at radius 1 is 1.14 bits per heavy atom. The normalized spacial score (nSPS) is 17.6. The van der Waals surface area contributed by atoms with Gasteiger partial charge in [-0.1, -0.05) is 45.0 Å². The molecule has 1 atom stereocenters. The molecule has 188 valence electrons. The molecule has 6 heteroatoms. The van der Waals surface area contributed by atoms with E-state index in [0.29, 0.717) is 12.1 Å². The summed E-state index contributed by atoms with van der Waals surface area (Å²) >= 11 is 0. The summed E-state index contributed by atoms with van der Waals surface area (Å²) in [6, 6.07) is 11.1. The molecule has 2 aromatic carbocycles. The van der Waals surface area contributed by atoms with E-state index in [1.54, 1.807) is 12.0 Å². The quantitative estimate of drug-likeness (QED) is 0.310. The fourth-order valence-corrected chi connectivity index (χ4v) is 4.68. The van der Waals surface area contributed by atoms with Crippen LogP contribution in [0.25, 0.3) is 5.76 Å². The highest BCUT2D eigenvalue weighted by molar-refractivity contribution is 6.46. The maximum atomic E-state index is 13.3. The minimum absolute atomic E-state index is 0.134. The van der Waals surface area contributed by atoms with Gasteiger partial charge in [0, 0.05) is 12.1 Å². The number of Topliss-reactive ketones (excluding diaryl/α,β-unsaturated/α-hetero) is 1. The zero-order valence-corrected chi connectivity index (χ0v) is 22.0. The first-order valence-corrected chi connectivity index (χ1v) is 12.3. The van der Waals surface area contributed by atoms with Crippen molar-refractivity contribution in [2.45, 2.75) is 52.5 Å². The first-order valence-electron chi connectivity index (χ1n) is 12.3. The summed E-state index contributed by atoms with van der Waals surface area (Å²) in [6.45, 7) is 9.28. The van der Waals surface area contributed by atoms with Crippen molar-refractivity contribution >= 4 is 17.4 Å². The summed E-state index contributed by atoms with van der Waals surface area (Å²) in [6.07, 6.45) is 1.62. The second-order valence-electron chi connectivity index (χ2n) is 9.81. The number of carbonyl (C=O) groups is 2. The van der Waals surface area contributed by atoms with Crippen LogP contribution in [0.2, 0.25) is 0 Å². The van der Waals surface area contributed by atoms with E-state index in [2.05, 4.69) is 25.7 Å². The Kier molecular flexibility index (Phi) is 8.39. The van der Waals surface area contributed by atoms with Gasteiger partial charge in [0.25, 0.3) is 11.7 Å². The van der Waals surface area contributed by atoms with Gasteiger partial charge in [-0.05, 0) is 80.7 Å². The number of amides is 1. The third-order valence-electron chi connectivity index (χ3n) is 6.70. The van der Waals surface area contributed by atoms with Gasteiger partial charge in [0.2, 0.25) is 0 Å². The summed E-state index contributed by atoms with van der Waals surface area (Å²) in [7, 11) is 5.58. The molecule has 0 aromatic heterocycles. The number of methoxy groups -OCH3 is 1. The zero-order chi connectivity index (χ0) is 25.9. The van der Waals surface area contributed by atoms with E-state index in [4.69, 9.17) is 4.74 Å². The lowest BCUT2D eigenvalue weighted by atomic mass is 9.90. The molecule has 0 saturated carbocycles. The SMILES string of the molecule is CCc1ccc(C2/C(=C(\O)c3cc(C(C)C)c(OC)cc3C)C(=O)C(=O)N2CCCN(C)C)cc1. The van der Waals surface area contributed by atoms with Crippen molar-refractivity contribution < 1.29 is 19.4 Å². The van der Waals surface area contributed by atoms with Gasteiger partial charge in [0.15, 0.2) is 0 Å². The maximum Gasteiger partial charge on any atom is 0.295 e. The number of aliphatic hydroxyl groups is 1. The van der Waals surface area contributed by atoms with Crippen molar-refractivity contribution in [1.29, 1.82) is 0 Å². The number of rotatable bonds is 9. The molecule has 1 unspecified atom stereocenters. The minimum Gasteiger partial charge on any atom is -0.507 e. The van der Waals surface area contributed by atoms with Gasteiger partial charge >= 0.3 is 0 Å². The molecule has 1 aliphatic rings. The lowest BCUT2D eigenvalue weighted by molar-refractivity contribution is -0.139. The fourth-order valence-electron chi connectivity index (χ4n) is 4.68. The summed E-state index contributed by atoms with van der Waals surface area (Å²) in [4.78, 5) is 30.2. The predicted octanol–water partition coefficient (Wildman–Crippen LogP) is 5.06. The molecule has 0 radical (unpaired) electrons. The van der Waals surface area contributed by atoms with Crippen LogP contribution < -0.4 is 4.74 Å². The molecule has 1 N–H and O–H groups in total. The van der Waals surface area contributed by atoms with Gasteiger partial charge in [-0.25, -0.2) is 0 Å². The highest BCUT2D eigenvalue weighted by Gasteiger charge is 2.46. The smallest absolute Gasteiger partial charge is 0.295 e. The number of ether oxygens (including phenoxy) is 1. The maximum absolute atomic E-state index is 13.3. The monoisotopic (exact) mass is 478 g/mol. The number of aryl methyl sites for hydroxylation is 2. The van der Waals surface area contributed by atoms with Crippen LogP contribution in [-0.2, 0) is 16.0 Å². The van der Waals surface area contributed by atoms with E-state index < -0.39 is 17.7 Å². The molecule has 0 aliphatic carbocycles. The third kappa shape index (κ3) is 5.43. The zero-order valence-electron chi connectivity index (χ0n) is 22.0. The van der Waals surface area contributed by atoms with Gasteiger partial charge in [0.1, 0.15) is 11.5 Å². The number of aliphatic hydroxyl groups excluding tert-OH is 1. The lowest BCUT2D eigenvalue weighted by Gasteiger charge is -2.26. The first kappa shape index (κ1) is 26.5. The number of nitrogens with zero attached hydrogens (tertiary/aromatic N) is 2. The Labute approximate surface area is 209 Å². The van der Waals surface area contributed by atoms with Crippen molar-refractivity contribution in [1.82, 2.24) is 9.80 Å². The van der Waals surface area contributed by atoms with E-state index in [-0.39, 0.29) is 17.3 Å². The van der Waals surface area contributed by atoms with Crippen LogP contribution in [0.4, 0.5) is 0 Å². The molecular formula is C29H38N2O4.